The van der Waals surface area contributed by atoms with Crippen molar-refractivity contribution in [3.8, 4) is 0 Å². The van der Waals surface area contributed by atoms with E-state index in [1.807, 2.05) is 11.8 Å². The Morgan fingerprint density at radius 3 is 2.50 bits per heavy atom. The Morgan fingerprint density at radius 1 is 1.33 bits per heavy atom. The molecule has 3 heteroatoms. The lowest BCUT2D eigenvalue weighted by Crippen LogP contribution is -2.38. The Kier molecular flexibility index (Phi) is 6.06. The summed E-state index contributed by atoms with van der Waals surface area (Å²) < 4.78 is 12.0. The molecule has 0 N–H and O–H groups in total. The SMILES string of the molecule is CCS/C(=C1/OCCOC1C(C)(C)C)C(C)CC. The number of ether oxygens (including phenoxy) is 2. The first-order chi connectivity index (χ1) is 8.41. The third-order valence-electron chi connectivity index (χ3n) is 3.25. The molecule has 0 aliphatic carbocycles. The maximum absolute atomic E-state index is 5.99. The Hall–Kier alpha value is -0.150. The summed E-state index contributed by atoms with van der Waals surface area (Å²) in [5, 5.41) is 0. The van der Waals surface area contributed by atoms with Gasteiger partial charge in [-0.05, 0) is 23.5 Å². The van der Waals surface area contributed by atoms with Crippen molar-refractivity contribution < 1.29 is 9.47 Å². The Bertz CT molecular complexity index is 291. The van der Waals surface area contributed by atoms with Crippen LogP contribution >= 0.6 is 11.8 Å². The zero-order valence-electron chi connectivity index (χ0n) is 12.7. The molecule has 1 aliphatic rings. The molecule has 0 aromatic heterocycles. The summed E-state index contributed by atoms with van der Waals surface area (Å²) in [7, 11) is 0. The molecular formula is C15H28O2S. The van der Waals surface area contributed by atoms with E-state index in [0.29, 0.717) is 19.1 Å². The second-order valence-electron chi connectivity index (χ2n) is 5.94. The third kappa shape index (κ3) is 3.92. The Labute approximate surface area is 117 Å². The third-order valence-corrected chi connectivity index (χ3v) is 4.46. The lowest BCUT2D eigenvalue weighted by Gasteiger charge is -2.37. The predicted molar refractivity (Wildman–Crippen MR) is 79.8 cm³/mol. The van der Waals surface area contributed by atoms with Crippen molar-refractivity contribution in [2.24, 2.45) is 11.3 Å². The van der Waals surface area contributed by atoms with Crippen LogP contribution in [0.25, 0.3) is 0 Å². The van der Waals surface area contributed by atoms with Crippen LogP contribution in [0.2, 0.25) is 0 Å². The van der Waals surface area contributed by atoms with Gasteiger partial charge in [-0.1, -0.05) is 41.5 Å². The first-order valence-corrected chi connectivity index (χ1v) is 8.01. The second kappa shape index (κ2) is 6.85. The van der Waals surface area contributed by atoms with Gasteiger partial charge in [0.2, 0.25) is 0 Å². The Morgan fingerprint density at radius 2 is 2.00 bits per heavy atom. The summed E-state index contributed by atoms with van der Waals surface area (Å²) in [6.07, 6.45) is 1.24. The van der Waals surface area contributed by atoms with Crippen LogP contribution in [0.15, 0.2) is 10.7 Å². The minimum Gasteiger partial charge on any atom is -0.492 e. The van der Waals surface area contributed by atoms with Crippen LogP contribution in [0.5, 0.6) is 0 Å². The summed E-state index contributed by atoms with van der Waals surface area (Å²) in [5.74, 6) is 2.73. The summed E-state index contributed by atoms with van der Waals surface area (Å²) >= 11 is 1.91. The van der Waals surface area contributed by atoms with Gasteiger partial charge in [-0.3, -0.25) is 0 Å². The number of hydrogen-bond acceptors (Lipinski definition) is 3. The molecule has 1 rings (SSSR count). The highest BCUT2D eigenvalue weighted by Crippen LogP contribution is 2.39. The van der Waals surface area contributed by atoms with E-state index in [4.69, 9.17) is 9.47 Å². The molecular weight excluding hydrogens is 244 g/mol. The van der Waals surface area contributed by atoms with Crippen molar-refractivity contribution in [3.63, 3.8) is 0 Å². The standard InChI is InChI=1S/C15H28O2S/c1-7-11(3)13(18-8-2)12-14(15(4,5)6)17-10-9-16-12/h11,14H,7-10H2,1-6H3/b13-12+. The maximum Gasteiger partial charge on any atom is 0.135 e. The molecule has 0 radical (unpaired) electrons. The van der Waals surface area contributed by atoms with Crippen molar-refractivity contribution in [2.45, 2.75) is 54.1 Å². The van der Waals surface area contributed by atoms with E-state index in [-0.39, 0.29) is 11.5 Å². The van der Waals surface area contributed by atoms with Crippen LogP contribution in [-0.4, -0.2) is 25.1 Å². The highest BCUT2D eigenvalue weighted by molar-refractivity contribution is 8.03. The van der Waals surface area contributed by atoms with Crippen LogP contribution in [0.3, 0.4) is 0 Å². The minimum absolute atomic E-state index is 0.0861. The van der Waals surface area contributed by atoms with Gasteiger partial charge in [-0.15, -0.1) is 11.8 Å². The van der Waals surface area contributed by atoms with Gasteiger partial charge < -0.3 is 9.47 Å². The quantitative estimate of drug-likeness (QED) is 0.753. The molecule has 0 aromatic carbocycles. The summed E-state index contributed by atoms with van der Waals surface area (Å²) in [5.41, 5.74) is 0.0861. The van der Waals surface area contributed by atoms with E-state index in [0.717, 1.165) is 17.9 Å². The lowest BCUT2D eigenvalue weighted by molar-refractivity contribution is -0.0871. The molecule has 1 fully saturated rings. The normalized spacial score (nSPS) is 25.6. The molecule has 0 aromatic rings. The summed E-state index contributed by atoms with van der Waals surface area (Å²) in [6.45, 7) is 14.8. The van der Waals surface area contributed by atoms with E-state index in [1.54, 1.807) is 0 Å². The largest absolute Gasteiger partial charge is 0.492 e. The van der Waals surface area contributed by atoms with Crippen molar-refractivity contribution in [1.29, 1.82) is 0 Å². The van der Waals surface area contributed by atoms with Gasteiger partial charge in [-0.2, -0.15) is 0 Å². The highest BCUT2D eigenvalue weighted by Gasteiger charge is 2.35. The van der Waals surface area contributed by atoms with Crippen molar-refractivity contribution in [1.82, 2.24) is 0 Å². The summed E-state index contributed by atoms with van der Waals surface area (Å²) in [6, 6.07) is 0. The van der Waals surface area contributed by atoms with Gasteiger partial charge in [0, 0.05) is 4.91 Å². The Balaban J connectivity index is 3.09. The number of thioether (sulfide) groups is 1. The first-order valence-electron chi connectivity index (χ1n) is 7.03. The average molecular weight is 272 g/mol. The number of rotatable bonds is 4. The van der Waals surface area contributed by atoms with Crippen LogP contribution in [0.1, 0.15) is 48.0 Å². The molecule has 0 spiro atoms. The smallest absolute Gasteiger partial charge is 0.135 e. The minimum atomic E-state index is 0.0861. The van der Waals surface area contributed by atoms with Gasteiger partial charge in [0.05, 0.1) is 6.61 Å². The van der Waals surface area contributed by atoms with E-state index >= 15 is 0 Å². The molecule has 18 heavy (non-hydrogen) atoms. The van der Waals surface area contributed by atoms with Crippen LogP contribution in [0, 0.1) is 11.3 Å². The van der Waals surface area contributed by atoms with Crippen LogP contribution < -0.4 is 0 Å². The topological polar surface area (TPSA) is 18.5 Å². The van der Waals surface area contributed by atoms with E-state index in [1.165, 1.54) is 4.91 Å². The maximum atomic E-state index is 5.99. The number of allylic oxidation sites excluding steroid dienone is 1. The van der Waals surface area contributed by atoms with Crippen LogP contribution in [0.4, 0.5) is 0 Å². The predicted octanol–water partition coefficient (Wildman–Crippen LogP) is 4.46. The molecule has 0 saturated carbocycles. The zero-order chi connectivity index (χ0) is 13.8. The molecule has 1 aliphatic heterocycles. The number of hydrogen-bond donors (Lipinski definition) is 0. The zero-order valence-corrected chi connectivity index (χ0v) is 13.5. The van der Waals surface area contributed by atoms with E-state index in [9.17, 15) is 0 Å². The van der Waals surface area contributed by atoms with Crippen molar-refractivity contribution in [2.75, 3.05) is 19.0 Å². The molecule has 2 unspecified atom stereocenters. The second-order valence-corrected chi connectivity index (χ2v) is 7.24. The molecule has 0 bridgehead atoms. The molecule has 1 saturated heterocycles. The fraction of sp³-hybridized carbons (Fsp3) is 0.867. The first kappa shape index (κ1) is 15.9. The van der Waals surface area contributed by atoms with Gasteiger partial charge in [0.25, 0.3) is 0 Å². The van der Waals surface area contributed by atoms with Gasteiger partial charge in [0.15, 0.2) is 0 Å². The van der Waals surface area contributed by atoms with Crippen molar-refractivity contribution >= 4 is 11.8 Å². The van der Waals surface area contributed by atoms with Crippen molar-refractivity contribution in [3.05, 3.63) is 10.7 Å². The summed E-state index contributed by atoms with van der Waals surface area (Å²) in [4.78, 5) is 1.39. The van der Waals surface area contributed by atoms with Gasteiger partial charge in [0.1, 0.15) is 18.5 Å². The average Bonchev–Trinajstić information content (AvgIpc) is 2.34. The molecule has 1 heterocycles. The monoisotopic (exact) mass is 272 g/mol. The molecule has 2 atom stereocenters. The fourth-order valence-corrected chi connectivity index (χ4v) is 3.18. The van der Waals surface area contributed by atoms with E-state index in [2.05, 4.69) is 41.5 Å². The lowest BCUT2D eigenvalue weighted by atomic mass is 9.86. The molecule has 2 nitrogen and oxygen atoms in total. The molecule has 106 valence electrons. The van der Waals surface area contributed by atoms with Gasteiger partial charge >= 0.3 is 0 Å². The van der Waals surface area contributed by atoms with E-state index < -0.39 is 0 Å². The fourth-order valence-electron chi connectivity index (χ4n) is 2.11. The van der Waals surface area contributed by atoms with Crippen LogP contribution in [-0.2, 0) is 9.47 Å². The molecule has 0 amide bonds. The van der Waals surface area contributed by atoms with Gasteiger partial charge in [-0.25, -0.2) is 0 Å². The highest BCUT2D eigenvalue weighted by atomic mass is 32.2.